The summed E-state index contributed by atoms with van der Waals surface area (Å²) < 4.78 is 5.21. The Morgan fingerprint density at radius 1 is 1.59 bits per heavy atom. The van der Waals surface area contributed by atoms with Crippen LogP contribution in [0.2, 0.25) is 5.02 Å². The monoisotopic (exact) mass is 326 g/mol. The third kappa shape index (κ3) is 4.60. The van der Waals surface area contributed by atoms with Crippen LogP contribution in [0.4, 0.5) is 5.69 Å². The molecule has 1 fully saturated rings. The molecule has 0 saturated carbocycles. The predicted octanol–water partition coefficient (Wildman–Crippen LogP) is 2.38. The van der Waals surface area contributed by atoms with Gasteiger partial charge in [0.2, 0.25) is 5.91 Å². The average Bonchev–Trinajstić information content (AvgIpc) is 2.94. The molecule has 0 bridgehead atoms. The number of anilines is 1. The second-order valence-electron chi connectivity index (χ2n) is 5.73. The lowest BCUT2D eigenvalue weighted by atomic mass is 10.0. The Morgan fingerprint density at radius 2 is 2.36 bits per heavy atom. The van der Waals surface area contributed by atoms with Gasteiger partial charge in [-0.15, -0.1) is 0 Å². The highest BCUT2D eigenvalue weighted by Crippen LogP contribution is 2.27. The minimum atomic E-state index is -0.283. The summed E-state index contributed by atoms with van der Waals surface area (Å²) in [6, 6.07) is 5.12. The Bertz CT molecular complexity index is 522. The molecule has 1 aromatic carbocycles. The lowest BCUT2D eigenvalue weighted by Crippen LogP contribution is -2.27. The number of amides is 1. The minimum Gasteiger partial charge on any atom is -0.495 e. The third-order valence-corrected chi connectivity index (χ3v) is 4.32. The Balaban J connectivity index is 1.83. The zero-order valence-corrected chi connectivity index (χ0v) is 13.8. The molecule has 22 heavy (non-hydrogen) atoms. The molecule has 0 spiro atoms. The Morgan fingerprint density at radius 3 is 3.00 bits per heavy atom. The number of nitrogens with one attached hydrogen (secondary N) is 1. The first-order valence-corrected chi connectivity index (χ1v) is 7.91. The van der Waals surface area contributed by atoms with Gasteiger partial charge in [-0.3, -0.25) is 4.79 Å². The van der Waals surface area contributed by atoms with Crippen molar-refractivity contribution < 1.29 is 14.6 Å². The van der Waals surface area contributed by atoms with E-state index in [-0.39, 0.29) is 12.0 Å². The van der Waals surface area contributed by atoms with Crippen LogP contribution in [0, 0.1) is 5.92 Å². The maximum Gasteiger partial charge on any atom is 0.225 e. The lowest BCUT2D eigenvalue weighted by molar-refractivity contribution is -0.116. The number of halogens is 1. The minimum absolute atomic E-state index is 0.0685. The number of ether oxygens (including phenoxy) is 1. The number of aliphatic hydroxyl groups is 1. The molecule has 1 amide bonds. The Hall–Kier alpha value is -1.30. The first-order chi connectivity index (χ1) is 10.5. The van der Waals surface area contributed by atoms with Crippen LogP contribution < -0.4 is 10.1 Å². The van der Waals surface area contributed by atoms with E-state index < -0.39 is 0 Å². The number of carbonyl (C=O) groups excluding carboxylic acids is 1. The second-order valence-corrected chi connectivity index (χ2v) is 6.17. The van der Waals surface area contributed by atoms with E-state index in [2.05, 4.69) is 10.2 Å². The molecule has 6 heteroatoms. The highest BCUT2D eigenvalue weighted by Gasteiger charge is 2.25. The number of aliphatic hydroxyl groups excluding tert-OH is 1. The molecule has 1 aliphatic rings. The van der Waals surface area contributed by atoms with Crippen LogP contribution in [0.1, 0.15) is 19.8 Å². The number of hydrogen-bond acceptors (Lipinski definition) is 4. The summed E-state index contributed by atoms with van der Waals surface area (Å²) in [5, 5.41) is 13.0. The number of carbonyl (C=O) groups is 1. The number of likely N-dealkylation sites (tertiary alicyclic amines) is 1. The molecule has 0 aromatic heterocycles. The van der Waals surface area contributed by atoms with Crippen molar-refractivity contribution in [2.75, 3.05) is 32.1 Å². The molecule has 2 rings (SSSR count). The largest absolute Gasteiger partial charge is 0.495 e. The van der Waals surface area contributed by atoms with E-state index in [4.69, 9.17) is 16.3 Å². The summed E-state index contributed by atoms with van der Waals surface area (Å²) in [6.45, 7) is 4.30. The van der Waals surface area contributed by atoms with Gasteiger partial charge in [0, 0.05) is 24.5 Å². The van der Waals surface area contributed by atoms with Gasteiger partial charge in [0.15, 0.2) is 0 Å². The van der Waals surface area contributed by atoms with Crippen LogP contribution in [0.3, 0.4) is 0 Å². The highest BCUT2D eigenvalue weighted by atomic mass is 35.5. The number of methoxy groups -OCH3 is 1. The zero-order chi connectivity index (χ0) is 16.1. The van der Waals surface area contributed by atoms with E-state index in [1.807, 2.05) is 6.92 Å². The smallest absolute Gasteiger partial charge is 0.225 e. The van der Waals surface area contributed by atoms with Crippen molar-refractivity contribution in [1.29, 1.82) is 0 Å². The van der Waals surface area contributed by atoms with Gasteiger partial charge in [-0.1, -0.05) is 11.6 Å². The van der Waals surface area contributed by atoms with Gasteiger partial charge in [0.1, 0.15) is 5.75 Å². The van der Waals surface area contributed by atoms with Gasteiger partial charge in [-0.2, -0.15) is 0 Å². The summed E-state index contributed by atoms with van der Waals surface area (Å²) in [7, 11) is 1.55. The molecule has 2 atom stereocenters. The van der Waals surface area contributed by atoms with Crippen molar-refractivity contribution in [3.05, 3.63) is 23.2 Å². The van der Waals surface area contributed by atoms with E-state index in [9.17, 15) is 9.90 Å². The quantitative estimate of drug-likeness (QED) is 0.842. The van der Waals surface area contributed by atoms with Crippen LogP contribution in [0.5, 0.6) is 5.75 Å². The lowest BCUT2D eigenvalue weighted by Gasteiger charge is -2.17. The van der Waals surface area contributed by atoms with Crippen LogP contribution in [0.15, 0.2) is 18.2 Å². The van der Waals surface area contributed by atoms with E-state index in [0.717, 1.165) is 19.5 Å². The van der Waals surface area contributed by atoms with Gasteiger partial charge >= 0.3 is 0 Å². The van der Waals surface area contributed by atoms with Gasteiger partial charge in [-0.25, -0.2) is 0 Å². The SMILES string of the molecule is COc1ccc(Cl)cc1NC(=O)CCN1CCC(C(C)O)C1. The van der Waals surface area contributed by atoms with Gasteiger partial charge in [0.25, 0.3) is 0 Å². The van der Waals surface area contributed by atoms with E-state index in [0.29, 0.717) is 35.3 Å². The number of nitrogens with zero attached hydrogens (tertiary/aromatic N) is 1. The molecule has 5 nitrogen and oxygen atoms in total. The summed E-state index contributed by atoms with van der Waals surface area (Å²) in [6.07, 6.45) is 1.11. The fourth-order valence-corrected chi connectivity index (χ4v) is 2.88. The standard InChI is InChI=1S/C16H23ClN2O3/c1-11(20)12-5-7-19(10-12)8-6-16(21)18-14-9-13(17)3-4-15(14)22-2/h3-4,9,11-12,20H,5-8,10H2,1-2H3,(H,18,21). The molecule has 2 unspecified atom stereocenters. The molecule has 1 heterocycles. The van der Waals surface area contributed by atoms with Crippen molar-refractivity contribution in [2.24, 2.45) is 5.92 Å². The number of rotatable bonds is 6. The van der Waals surface area contributed by atoms with Gasteiger partial charge in [0.05, 0.1) is 18.9 Å². The van der Waals surface area contributed by atoms with E-state index in [1.54, 1.807) is 25.3 Å². The maximum atomic E-state index is 12.1. The van der Waals surface area contributed by atoms with Crippen molar-refractivity contribution >= 4 is 23.2 Å². The molecule has 2 N–H and O–H groups in total. The van der Waals surface area contributed by atoms with Crippen molar-refractivity contribution in [1.82, 2.24) is 4.90 Å². The fraction of sp³-hybridized carbons (Fsp3) is 0.562. The Labute approximate surface area is 136 Å². The fourth-order valence-electron chi connectivity index (χ4n) is 2.71. The van der Waals surface area contributed by atoms with E-state index in [1.165, 1.54) is 0 Å². The molecule has 1 aliphatic heterocycles. The maximum absolute atomic E-state index is 12.1. The third-order valence-electron chi connectivity index (χ3n) is 4.08. The topological polar surface area (TPSA) is 61.8 Å². The zero-order valence-electron chi connectivity index (χ0n) is 13.0. The molecular formula is C16H23ClN2O3. The van der Waals surface area contributed by atoms with Crippen LogP contribution >= 0.6 is 11.6 Å². The van der Waals surface area contributed by atoms with Gasteiger partial charge < -0.3 is 20.1 Å². The van der Waals surface area contributed by atoms with Crippen molar-refractivity contribution in [3.8, 4) is 5.75 Å². The molecular weight excluding hydrogens is 304 g/mol. The number of hydrogen-bond donors (Lipinski definition) is 2. The molecule has 0 aliphatic carbocycles. The predicted molar refractivity (Wildman–Crippen MR) is 87.5 cm³/mol. The van der Waals surface area contributed by atoms with Crippen LogP contribution in [-0.2, 0) is 4.79 Å². The molecule has 122 valence electrons. The van der Waals surface area contributed by atoms with Crippen LogP contribution in [-0.4, -0.2) is 48.8 Å². The van der Waals surface area contributed by atoms with Gasteiger partial charge in [-0.05, 0) is 44.0 Å². The molecule has 1 aromatic rings. The van der Waals surface area contributed by atoms with Crippen molar-refractivity contribution in [3.63, 3.8) is 0 Å². The summed E-state index contributed by atoms with van der Waals surface area (Å²) in [5.74, 6) is 0.838. The summed E-state index contributed by atoms with van der Waals surface area (Å²) in [4.78, 5) is 14.3. The first kappa shape index (κ1) is 17.1. The van der Waals surface area contributed by atoms with Crippen molar-refractivity contribution in [2.45, 2.75) is 25.9 Å². The summed E-state index contributed by atoms with van der Waals surface area (Å²) >= 11 is 5.94. The summed E-state index contributed by atoms with van der Waals surface area (Å²) in [5.41, 5.74) is 0.586. The Kier molecular flexibility index (Phi) is 6.06. The number of benzene rings is 1. The van der Waals surface area contributed by atoms with Crippen LogP contribution in [0.25, 0.3) is 0 Å². The normalized spacial score (nSPS) is 19.9. The molecule has 1 saturated heterocycles. The highest BCUT2D eigenvalue weighted by molar-refractivity contribution is 6.31. The average molecular weight is 327 g/mol. The second kappa shape index (κ2) is 7.81. The first-order valence-electron chi connectivity index (χ1n) is 7.53. The van der Waals surface area contributed by atoms with E-state index >= 15 is 0 Å². The molecule has 0 radical (unpaired) electrons.